The molecule has 0 aliphatic carbocycles. The molecule has 3 aromatic carbocycles. The van der Waals surface area contributed by atoms with E-state index in [1.807, 2.05) is 32.9 Å². The number of aromatic hydroxyl groups is 1. The van der Waals surface area contributed by atoms with Crippen LogP contribution in [0, 0.1) is 6.92 Å². The molecular weight excluding hydrogens is 446 g/mol. The number of aryl methyl sites for hydroxylation is 1. The maximum absolute atomic E-state index is 13.3. The van der Waals surface area contributed by atoms with Crippen molar-refractivity contribution in [3.05, 3.63) is 89.0 Å². The molecule has 35 heavy (non-hydrogen) atoms. The maximum atomic E-state index is 13.3. The Kier molecular flexibility index (Phi) is 6.78. The van der Waals surface area contributed by atoms with Gasteiger partial charge in [0, 0.05) is 11.8 Å². The van der Waals surface area contributed by atoms with E-state index < -0.39 is 17.7 Å². The first kappa shape index (κ1) is 23.9. The zero-order valence-corrected chi connectivity index (χ0v) is 19.8. The monoisotopic (exact) mass is 473 g/mol. The number of ketones is 1. The second-order valence-corrected chi connectivity index (χ2v) is 8.12. The number of nitrogens with zero attached hydrogens (tertiary/aromatic N) is 1. The molecule has 1 aliphatic heterocycles. The second-order valence-electron chi connectivity index (χ2n) is 8.12. The van der Waals surface area contributed by atoms with Crippen molar-refractivity contribution < 1.29 is 29.3 Å². The zero-order valence-electron chi connectivity index (χ0n) is 19.8. The van der Waals surface area contributed by atoms with Crippen molar-refractivity contribution in [1.29, 1.82) is 0 Å². The van der Waals surface area contributed by atoms with Gasteiger partial charge in [0.1, 0.15) is 23.0 Å². The molecule has 7 heteroatoms. The predicted octanol–water partition coefficient (Wildman–Crippen LogP) is 5.12. The van der Waals surface area contributed by atoms with Crippen molar-refractivity contribution in [2.24, 2.45) is 0 Å². The number of carbonyl (C=O) groups is 2. The van der Waals surface area contributed by atoms with Crippen molar-refractivity contribution in [2.45, 2.75) is 26.8 Å². The van der Waals surface area contributed by atoms with Gasteiger partial charge in [-0.25, -0.2) is 0 Å². The molecule has 1 fully saturated rings. The molecule has 0 saturated carbocycles. The molecule has 1 aliphatic rings. The molecular formula is C28H27NO6. The zero-order chi connectivity index (χ0) is 25.1. The Morgan fingerprint density at radius 2 is 1.57 bits per heavy atom. The van der Waals surface area contributed by atoms with Crippen molar-refractivity contribution in [2.75, 3.05) is 18.1 Å². The van der Waals surface area contributed by atoms with Gasteiger partial charge in [0.25, 0.3) is 11.7 Å². The molecule has 1 unspecified atom stereocenters. The van der Waals surface area contributed by atoms with Crippen LogP contribution in [0.3, 0.4) is 0 Å². The minimum atomic E-state index is -0.903. The van der Waals surface area contributed by atoms with E-state index in [-0.39, 0.29) is 22.6 Å². The molecule has 4 rings (SSSR count). The maximum Gasteiger partial charge on any atom is 0.300 e. The SMILES string of the molecule is CCOc1ccc(/C(O)=C2/C(=O)C(=O)N(c3ccc(C)cc3)C2c2ccc(O)cc2)c(OCC)c1. The van der Waals surface area contributed by atoms with Crippen LogP contribution in [0.25, 0.3) is 5.76 Å². The van der Waals surface area contributed by atoms with Crippen molar-refractivity contribution >= 4 is 23.1 Å². The number of aliphatic hydroxyl groups is 1. The summed E-state index contributed by atoms with van der Waals surface area (Å²) in [7, 11) is 0. The van der Waals surface area contributed by atoms with Gasteiger partial charge in [0.2, 0.25) is 0 Å². The number of phenolic OH excluding ortho intramolecular Hbond substituents is 1. The van der Waals surface area contributed by atoms with E-state index in [0.29, 0.717) is 36.0 Å². The quantitative estimate of drug-likeness (QED) is 0.281. The molecule has 0 radical (unpaired) electrons. The number of aliphatic hydroxyl groups excluding tert-OH is 1. The predicted molar refractivity (Wildman–Crippen MR) is 133 cm³/mol. The molecule has 1 amide bonds. The van der Waals surface area contributed by atoms with E-state index in [4.69, 9.17) is 9.47 Å². The fourth-order valence-electron chi connectivity index (χ4n) is 4.15. The number of hydrogen-bond acceptors (Lipinski definition) is 6. The summed E-state index contributed by atoms with van der Waals surface area (Å²) < 4.78 is 11.3. The number of hydrogen-bond donors (Lipinski definition) is 2. The van der Waals surface area contributed by atoms with Crippen LogP contribution in [0.1, 0.15) is 36.6 Å². The Morgan fingerprint density at radius 3 is 2.20 bits per heavy atom. The highest BCUT2D eigenvalue weighted by Gasteiger charge is 2.47. The van der Waals surface area contributed by atoms with E-state index >= 15 is 0 Å². The average Bonchev–Trinajstić information content (AvgIpc) is 3.11. The van der Waals surface area contributed by atoms with E-state index in [0.717, 1.165) is 5.56 Å². The van der Waals surface area contributed by atoms with E-state index in [9.17, 15) is 19.8 Å². The molecule has 0 aromatic heterocycles. The lowest BCUT2D eigenvalue weighted by molar-refractivity contribution is -0.132. The minimum absolute atomic E-state index is 0.0474. The van der Waals surface area contributed by atoms with Gasteiger partial charge in [0.05, 0.1) is 30.4 Å². The summed E-state index contributed by atoms with van der Waals surface area (Å²) in [6, 6.07) is 17.5. The van der Waals surface area contributed by atoms with Gasteiger partial charge in [-0.2, -0.15) is 0 Å². The van der Waals surface area contributed by atoms with Gasteiger partial charge in [0.15, 0.2) is 0 Å². The van der Waals surface area contributed by atoms with Gasteiger partial charge in [-0.3, -0.25) is 14.5 Å². The summed E-state index contributed by atoms with van der Waals surface area (Å²) in [4.78, 5) is 28.0. The summed E-state index contributed by atoms with van der Waals surface area (Å²) >= 11 is 0. The van der Waals surface area contributed by atoms with Crippen molar-refractivity contribution in [3.8, 4) is 17.2 Å². The lowest BCUT2D eigenvalue weighted by Crippen LogP contribution is -2.29. The summed E-state index contributed by atoms with van der Waals surface area (Å²) in [5, 5.41) is 21.2. The molecule has 180 valence electrons. The number of rotatable bonds is 7. The van der Waals surface area contributed by atoms with E-state index in [1.54, 1.807) is 42.5 Å². The third kappa shape index (κ3) is 4.57. The molecule has 0 bridgehead atoms. The lowest BCUT2D eigenvalue weighted by atomic mass is 9.94. The molecule has 3 aromatic rings. The molecule has 0 spiro atoms. The number of Topliss-reactive ketones (excluding diaryl/α,β-unsaturated/α-hetero) is 1. The van der Waals surface area contributed by atoms with Crippen LogP contribution < -0.4 is 14.4 Å². The van der Waals surface area contributed by atoms with Gasteiger partial charge in [-0.1, -0.05) is 29.8 Å². The largest absolute Gasteiger partial charge is 0.508 e. The molecule has 1 atom stereocenters. The third-order valence-corrected chi connectivity index (χ3v) is 5.78. The van der Waals surface area contributed by atoms with E-state index in [1.165, 1.54) is 17.0 Å². The van der Waals surface area contributed by atoms with E-state index in [2.05, 4.69) is 0 Å². The highest BCUT2D eigenvalue weighted by molar-refractivity contribution is 6.51. The molecule has 1 heterocycles. The van der Waals surface area contributed by atoms with Crippen molar-refractivity contribution in [3.63, 3.8) is 0 Å². The lowest BCUT2D eigenvalue weighted by Gasteiger charge is -2.25. The fraction of sp³-hybridized carbons (Fsp3) is 0.214. The topological polar surface area (TPSA) is 96.3 Å². The minimum Gasteiger partial charge on any atom is -0.508 e. The smallest absolute Gasteiger partial charge is 0.300 e. The summed E-state index contributed by atoms with van der Waals surface area (Å²) in [5.74, 6) is -0.965. The number of phenols is 1. The number of carbonyl (C=O) groups excluding carboxylic acids is 2. The van der Waals surface area contributed by atoms with Crippen LogP contribution in [0.5, 0.6) is 17.2 Å². The van der Waals surface area contributed by atoms with Crippen LogP contribution in [0.2, 0.25) is 0 Å². The number of anilines is 1. The Balaban J connectivity index is 1.93. The Bertz CT molecular complexity index is 1280. The van der Waals surface area contributed by atoms with Crippen LogP contribution in [0.15, 0.2) is 72.3 Å². The molecule has 7 nitrogen and oxygen atoms in total. The van der Waals surface area contributed by atoms with Crippen LogP contribution >= 0.6 is 0 Å². The Hall–Kier alpha value is -4.26. The molecule has 2 N–H and O–H groups in total. The number of amides is 1. The first-order valence-electron chi connectivity index (χ1n) is 11.4. The second kappa shape index (κ2) is 9.93. The average molecular weight is 474 g/mol. The summed E-state index contributed by atoms with van der Waals surface area (Å²) in [6.45, 7) is 6.38. The number of ether oxygens (including phenoxy) is 2. The van der Waals surface area contributed by atoms with Gasteiger partial charge in [-0.05, 0) is 62.7 Å². The van der Waals surface area contributed by atoms with Gasteiger partial charge in [-0.15, -0.1) is 0 Å². The highest BCUT2D eigenvalue weighted by Crippen LogP contribution is 2.44. The Morgan fingerprint density at radius 1 is 0.914 bits per heavy atom. The standard InChI is InChI=1S/C28H27NO6/c1-4-34-21-14-15-22(23(16-21)35-5-2)26(31)24-25(18-8-12-20(30)13-9-18)29(28(33)27(24)32)19-10-6-17(3)7-11-19/h6-16,25,30-31H,4-5H2,1-3H3/b26-24-. The normalized spacial score (nSPS) is 17.0. The highest BCUT2D eigenvalue weighted by atomic mass is 16.5. The van der Waals surface area contributed by atoms with Crippen LogP contribution in [0.4, 0.5) is 5.69 Å². The number of benzene rings is 3. The van der Waals surface area contributed by atoms with Crippen LogP contribution in [-0.4, -0.2) is 35.1 Å². The summed E-state index contributed by atoms with van der Waals surface area (Å²) in [5.41, 5.74) is 2.30. The van der Waals surface area contributed by atoms with Gasteiger partial charge < -0.3 is 19.7 Å². The van der Waals surface area contributed by atoms with Gasteiger partial charge >= 0.3 is 0 Å². The fourth-order valence-corrected chi connectivity index (χ4v) is 4.15. The first-order chi connectivity index (χ1) is 16.8. The summed E-state index contributed by atoms with van der Waals surface area (Å²) in [6.07, 6.45) is 0. The molecule has 1 saturated heterocycles. The first-order valence-corrected chi connectivity index (χ1v) is 11.4. The third-order valence-electron chi connectivity index (χ3n) is 5.78. The van der Waals surface area contributed by atoms with Crippen molar-refractivity contribution in [1.82, 2.24) is 0 Å². The van der Waals surface area contributed by atoms with Crippen LogP contribution in [-0.2, 0) is 9.59 Å². The Labute approximate surface area is 203 Å².